The first-order chi connectivity index (χ1) is 8.56. The fourth-order valence-electron chi connectivity index (χ4n) is 1.36. The molecule has 98 valence electrons. The molecule has 0 saturated carbocycles. The number of hydrogen-bond donors (Lipinski definition) is 1. The second-order valence-electron chi connectivity index (χ2n) is 3.42. The van der Waals surface area contributed by atoms with Gasteiger partial charge in [-0.05, 0) is 6.92 Å². The SMILES string of the molecule is CCOC(=O)CNCc1cccc([N+](=O)[O-])c1F. The van der Waals surface area contributed by atoms with Gasteiger partial charge in [0.1, 0.15) is 0 Å². The largest absolute Gasteiger partial charge is 0.465 e. The summed E-state index contributed by atoms with van der Waals surface area (Å²) in [5.41, 5.74) is -0.445. The topological polar surface area (TPSA) is 81.5 Å². The molecule has 1 aromatic rings. The number of nitrogens with zero attached hydrogens (tertiary/aromatic N) is 1. The van der Waals surface area contributed by atoms with Crippen molar-refractivity contribution < 1.29 is 18.8 Å². The number of rotatable bonds is 6. The fraction of sp³-hybridized carbons (Fsp3) is 0.364. The van der Waals surface area contributed by atoms with Gasteiger partial charge in [0.05, 0.1) is 18.1 Å². The Bertz CT molecular complexity index is 451. The number of ether oxygens (including phenoxy) is 1. The van der Waals surface area contributed by atoms with E-state index in [0.29, 0.717) is 0 Å². The van der Waals surface area contributed by atoms with Crippen molar-refractivity contribution in [2.24, 2.45) is 0 Å². The number of hydrogen-bond acceptors (Lipinski definition) is 5. The van der Waals surface area contributed by atoms with Gasteiger partial charge in [0.15, 0.2) is 0 Å². The summed E-state index contributed by atoms with van der Waals surface area (Å²) >= 11 is 0. The lowest BCUT2D eigenvalue weighted by Gasteiger charge is -2.05. The Balaban J connectivity index is 2.60. The van der Waals surface area contributed by atoms with Crippen LogP contribution in [0.5, 0.6) is 0 Å². The first-order valence-electron chi connectivity index (χ1n) is 5.34. The first-order valence-corrected chi connectivity index (χ1v) is 5.34. The van der Waals surface area contributed by atoms with Crippen LogP contribution in [-0.4, -0.2) is 24.0 Å². The van der Waals surface area contributed by atoms with E-state index in [2.05, 4.69) is 10.1 Å². The first kappa shape index (κ1) is 14.0. The standard InChI is InChI=1S/C11H13FN2O4/c1-2-18-10(15)7-13-6-8-4-3-5-9(11(8)12)14(16)17/h3-5,13H,2,6-7H2,1H3. The molecule has 0 aliphatic carbocycles. The van der Waals surface area contributed by atoms with Crippen molar-refractivity contribution in [2.45, 2.75) is 13.5 Å². The highest BCUT2D eigenvalue weighted by Gasteiger charge is 2.16. The van der Waals surface area contributed by atoms with E-state index in [1.165, 1.54) is 12.1 Å². The maximum atomic E-state index is 13.6. The van der Waals surface area contributed by atoms with Crippen LogP contribution in [0.25, 0.3) is 0 Å². The van der Waals surface area contributed by atoms with Crippen LogP contribution in [0.2, 0.25) is 0 Å². The number of halogens is 1. The maximum absolute atomic E-state index is 13.6. The third kappa shape index (κ3) is 3.77. The maximum Gasteiger partial charge on any atom is 0.319 e. The Morgan fingerprint density at radius 1 is 1.56 bits per heavy atom. The molecule has 0 fully saturated rings. The lowest BCUT2D eigenvalue weighted by atomic mass is 10.2. The zero-order valence-corrected chi connectivity index (χ0v) is 9.81. The van der Waals surface area contributed by atoms with Crippen LogP contribution in [0, 0.1) is 15.9 Å². The van der Waals surface area contributed by atoms with Crippen LogP contribution < -0.4 is 5.32 Å². The van der Waals surface area contributed by atoms with Gasteiger partial charge in [-0.15, -0.1) is 0 Å². The summed E-state index contributed by atoms with van der Waals surface area (Å²) in [5, 5.41) is 13.2. The van der Waals surface area contributed by atoms with E-state index in [1.54, 1.807) is 6.92 Å². The third-order valence-corrected chi connectivity index (χ3v) is 2.15. The molecule has 18 heavy (non-hydrogen) atoms. The summed E-state index contributed by atoms with van der Waals surface area (Å²) in [6.07, 6.45) is 0. The van der Waals surface area contributed by atoms with Gasteiger partial charge in [0.25, 0.3) is 0 Å². The molecule has 1 N–H and O–H groups in total. The normalized spacial score (nSPS) is 10.1. The predicted octanol–water partition coefficient (Wildman–Crippen LogP) is 1.39. The van der Waals surface area contributed by atoms with E-state index in [4.69, 9.17) is 0 Å². The lowest BCUT2D eigenvalue weighted by molar-refractivity contribution is -0.387. The van der Waals surface area contributed by atoms with Gasteiger partial charge in [-0.3, -0.25) is 14.9 Å². The highest BCUT2D eigenvalue weighted by molar-refractivity contribution is 5.71. The fourth-order valence-corrected chi connectivity index (χ4v) is 1.36. The lowest BCUT2D eigenvalue weighted by Crippen LogP contribution is -2.24. The Morgan fingerprint density at radius 2 is 2.28 bits per heavy atom. The van der Waals surface area contributed by atoms with Gasteiger partial charge in [-0.1, -0.05) is 12.1 Å². The molecule has 0 atom stereocenters. The number of carbonyl (C=O) groups excluding carboxylic acids is 1. The molecule has 0 aromatic heterocycles. The van der Waals surface area contributed by atoms with E-state index in [0.717, 1.165) is 6.07 Å². The van der Waals surface area contributed by atoms with Gasteiger partial charge in [-0.2, -0.15) is 4.39 Å². The molecule has 1 aromatic carbocycles. The van der Waals surface area contributed by atoms with Gasteiger partial charge >= 0.3 is 11.7 Å². The van der Waals surface area contributed by atoms with Crippen molar-refractivity contribution in [3.05, 3.63) is 39.7 Å². The molecule has 0 heterocycles. The number of nitro benzene ring substituents is 1. The van der Waals surface area contributed by atoms with E-state index in [9.17, 15) is 19.3 Å². The molecule has 0 aliphatic heterocycles. The smallest absolute Gasteiger partial charge is 0.319 e. The minimum atomic E-state index is -0.890. The summed E-state index contributed by atoms with van der Waals surface area (Å²) in [5.74, 6) is -1.35. The molecule has 0 bridgehead atoms. The van der Waals surface area contributed by atoms with Crippen molar-refractivity contribution in [2.75, 3.05) is 13.2 Å². The summed E-state index contributed by atoms with van der Waals surface area (Å²) in [6.45, 7) is 1.89. The molecule has 0 aliphatic rings. The molecule has 0 saturated heterocycles. The Morgan fingerprint density at radius 3 is 2.89 bits per heavy atom. The van der Waals surface area contributed by atoms with Gasteiger partial charge in [-0.25, -0.2) is 0 Å². The highest BCUT2D eigenvalue weighted by atomic mass is 19.1. The number of carbonyl (C=O) groups is 1. The Labute approximate surface area is 103 Å². The van der Waals surface area contributed by atoms with Crippen molar-refractivity contribution in [3.8, 4) is 0 Å². The second-order valence-corrected chi connectivity index (χ2v) is 3.42. The molecule has 6 nitrogen and oxygen atoms in total. The summed E-state index contributed by atoms with van der Waals surface area (Å²) in [6, 6.07) is 3.90. The van der Waals surface area contributed by atoms with Crippen LogP contribution in [0.3, 0.4) is 0 Å². The van der Waals surface area contributed by atoms with Crippen molar-refractivity contribution in [1.29, 1.82) is 0 Å². The van der Waals surface area contributed by atoms with E-state index < -0.39 is 22.4 Å². The second kappa shape index (κ2) is 6.65. The Kier molecular flexibility index (Phi) is 5.19. The van der Waals surface area contributed by atoms with Gasteiger partial charge in [0, 0.05) is 18.2 Å². The highest BCUT2D eigenvalue weighted by Crippen LogP contribution is 2.19. The van der Waals surface area contributed by atoms with E-state index in [1.807, 2.05) is 0 Å². The number of nitrogens with one attached hydrogen (secondary N) is 1. The van der Waals surface area contributed by atoms with Crippen LogP contribution in [0.4, 0.5) is 10.1 Å². The van der Waals surface area contributed by atoms with Crippen molar-refractivity contribution >= 4 is 11.7 Å². The minimum Gasteiger partial charge on any atom is -0.465 e. The van der Waals surface area contributed by atoms with E-state index in [-0.39, 0.29) is 25.3 Å². The molecule has 0 radical (unpaired) electrons. The minimum absolute atomic E-state index is 0.0202. The average Bonchev–Trinajstić information content (AvgIpc) is 2.31. The average molecular weight is 256 g/mol. The monoisotopic (exact) mass is 256 g/mol. The van der Waals surface area contributed by atoms with Crippen LogP contribution in [0.1, 0.15) is 12.5 Å². The van der Waals surface area contributed by atoms with Crippen molar-refractivity contribution in [1.82, 2.24) is 5.32 Å². The molecule has 0 unspecified atom stereocenters. The summed E-state index contributed by atoms with van der Waals surface area (Å²) in [4.78, 5) is 20.7. The van der Waals surface area contributed by atoms with Crippen molar-refractivity contribution in [3.63, 3.8) is 0 Å². The zero-order valence-electron chi connectivity index (χ0n) is 9.81. The van der Waals surface area contributed by atoms with E-state index >= 15 is 0 Å². The van der Waals surface area contributed by atoms with Gasteiger partial charge < -0.3 is 10.1 Å². The molecular formula is C11H13FN2O4. The third-order valence-electron chi connectivity index (χ3n) is 2.15. The van der Waals surface area contributed by atoms with Gasteiger partial charge in [0.2, 0.25) is 5.82 Å². The number of benzene rings is 1. The molecule has 0 spiro atoms. The Hall–Kier alpha value is -2.02. The zero-order chi connectivity index (χ0) is 13.5. The quantitative estimate of drug-likeness (QED) is 0.472. The summed E-state index contributed by atoms with van der Waals surface area (Å²) in [7, 11) is 0. The number of esters is 1. The number of nitro groups is 1. The molecular weight excluding hydrogens is 243 g/mol. The predicted molar refractivity (Wildman–Crippen MR) is 61.4 cm³/mol. The molecule has 7 heteroatoms. The van der Waals surface area contributed by atoms with Crippen LogP contribution >= 0.6 is 0 Å². The van der Waals surface area contributed by atoms with Crippen LogP contribution in [-0.2, 0) is 16.1 Å². The molecule has 0 amide bonds. The summed E-state index contributed by atoms with van der Waals surface area (Å²) < 4.78 is 18.3. The van der Waals surface area contributed by atoms with Crippen LogP contribution in [0.15, 0.2) is 18.2 Å². The molecule has 1 rings (SSSR count).